The third-order valence-electron chi connectivity index (χ3n) is 4.64. The van der Waals surface area contributed by atoms with E-state index in [1.807, 2.05) is 24.3 Å². The maximum Gasteiger partial charge on any atom is 0.229 e. The molecule has 0 spiro atoms. The monoisotopic (exact) mass is 381 g/mol. The molecule has 28 heavy (non-hydrogen) atoms. The van der Waals surface area contributed by atoms with E-state index in [1.54, 1.807) is 12.3 Å². The van der Waals surface area contributed by atoms with Crippen molar-refractivity contribution in [3.8, 4) is 0 Å². The molecule has 150 valence electrons. The summed E-state index contributed by atoms with van der Waals surface area (Å²) in [6.45, 7) is 11.6. The second kappa shape index (κ2) is 10.0. The summed E-state index contributed by atoms with van der Waals surface area (Å²) in [5.74, 6) is 1.52. The van der Waals surface area contributed by atoms with E-state index < -0.39 is 0 Å². The number of benzene rings is 1. The van der Waals surface area contributed by atoms with Gasteiger partial charge in [-0.25, -0.2) is 4.98 Å². The van der Waals surface area contributed by atoms with Gasteiger partial charge in [0.2, 0.25) is 5.95 Å². The molecule has 6 nitrogen and oxygen atoms in total. The standard InChI is InChI=1S/C22H29N5O.H2/c1-4-12-26(3)16-18-7-6-8-19(15-18)24-22-23-11-9-21(25-22)27-13-10-20(17-27)28-14-5-2;/h4-9,11,15,20H,1-2,10,12-14,16-17H2,3H3,(H,23,24,25);1H/t20-;/m1./s1. The Morgan fingerprint density at radius 1 is 1.36 bits per heavy atom. The molecule has 1 aliphatic rings. The minimum atomic E-state index is 0. The fraction of sp³-hybridized carbons (Fsp3) is 0.364. The van der Waals surface area contributed by atoms with Gasteiger partial charge in [0, 0.05) is 39.5 Å². The fourth-order valence-electron chi connectivity index (χ4n) is 3.34. The van der Waals surface area contributed by atoms with Crippen molar-refractivity contribution in [1.29, 1.82) is 0 Å². The first-order chi connectivity index (χ1) is 13.7. The van der Waals surface area contributed by atoms with E-state index in [9.17, 15) is 0 Å². The van der Waals surface area contributed by atoms with Crippen molar-refractivity contribution in [2.45, 2.75) is 19.1 Å². The minimum Gasteiger partial charge on any atom is -0.372 e. The Hall–Kier alpha value is -2.70. The van der Waals surface area contributed by atoms with Crippen LogP contribution >= 0.6 is 0 Å². The van der Waals surface area contributed by atoms with Gasteiger partial charge in [-0.3, -0.25) is 4.90 Å². The number of anilines is 3. The van der Waals surface area contributed by atoms with Crippen LogP contribution in [0.2, 0.25) is 0 Å². The van der Waals surface area contributed by atoms with E-state index in [2.05, 4.69) is 57.4 Å². The van der Waals surface area contributed by atoms with Gasteiger partial charge in [-0.1, -0.05) is 24.3 Å². The SMILES string of the molecule is C=CCO[C@@H]1CCN(c2ccnc(Nc3cccc(CN(C)CC=C)c3)n2)C1.[HH]. The lowest BCUT2D eigenvalue weighted by atomic mass is 10.2. The van der Waals surface area contributed by atoms with E-state index in [0.717, 1.165) is 44.1 Å². The predicted octanol–water partition coefficient (Wildman–Crippen LogP) is 3.87. The van der Waals surface area contributed by atoms with E-state index in [-0.39, 0.29) is 7.53 Å². The average Bonchev–Trinajstić information content (AvgIpc) is 3.16. The number of hydrogen-bond donors (Lipinski definition) is 1. The van der Waals surface area contributed by atoms with Crippen molar-refractivity contribution in [2.75, 3.05) is 43.5 Å². The van der Waals surface area contributed by atoms with Crippen LogP contribution in [0.1, 0.15) is 13.4 Å². The highest BCUT2D eigenvalue weighted by molar-refractivity contribution is 5.56. The van der Waals surface area contributed by atoms with Crippen molar-refractivity contribution in [3.63, 3.8) is 0 Å². The zero-order chi connectivity index (χ0) is 19.8. The molecule has 0 saturated carbocycles. The van der Waals surface area contributed by atoms with Gasteiger partial charge in [0.15, 0.2) is 0 Å². The first-order valence-corrected chi connectivity index (χ1v) is 9.64. The smallest absolute Gasteiger partial charge is 0.229 e. The van der Waals surface area contributed by atoms with Crippen LogP contribution in [-0.4, -0.2) is 54.3 Å². The Morgan fingerprint density at radius 2 is 2.25 bits per heavy atom. The van der Waals surface area contributed by atoms with Gasteiger partial charge in [-0.05, 0) is 37.2 Å². The molecule has 0 aliphatic carbocycles. The van der Waals surface area contributed by atoms with Crippen LogP contribution in [0.4, 0.5) is 17.5 Å². The lowest BCUT2D eigenvalue weighted by Gasteiger charge is -2.18. The predicted molar refractivity (Wildman–Crippen MR) is 117 cm³/mol. The third-order valence-corrected chi connectivity index (χ3v) is 4.64. The number of ether oxygens (including phenoxy) is 1. The first kappa shape index (κ1) is 20.0. The van der Waals surface area contributed by atoms with E-state index >= 15 is 0 Å². The van der Waals surface area contributed by atoms with Crippen LogP contribution < -0.4 is 10.2 Å². The van der Waals surface area contributed by atoms with Gasteiger partial charge in [-0.2, -0.15) is 4.98 Å². The van der Waals surface area contributed by atoms with Crippen molar-refractivity contribution in [2.24, 2.45) is 0 Å². The highest BCUT2D eigenvalue weighted by atomic mass is 16.5. The van der Waals surface area contributed by atoms with Crippen molar-refractivity contribution in [3.05, 3.63) is 67.4 Å². The highest BCUT2D eigenvalue weighted by Crippen LogP contribution is 2.22. The second-order valence-corrected chi connectivity index (χ2v) is 7.03. The summed E-state index contributed by atoms with van der Waals surface area (Å²) in [7, 11) is 2.08. The summed E-state index contributed by atoms with van der Waals surface area (Å²) in [4.78, 5) is 13.5. The Balaban J connectivity index is 0.00000300. The van der Waals surface area contributed by atoms with Gasteiger partial charge in [0.25, 0.3) is 0 Å². The first-order valence-electron chi connectivity index (χ1n) is 9.64. The summed E-state index contributed by atoms with van der Waals surface area (Å²) in [6, 6.07) is 10.3. The molecule has 2 heterocycles. The molecule has 1 aliphatic heterocycles. The summed E-state index contributed by atoms with van der Waals surface area (Å²) in [5.41, 5.74) is 2.21. The fourth-order valence-corrected chi connectivity index (χ4v) is 3.34. The molecule has 2 aromatic rings. The van der Waals surface area contributed by atoms with Gasteiger partial charge in [0.1, 0.15) is 5.82 Å². The van der Waals surface area contributed by atoms with E-state index in [1.165, 1.54) is 5.56 Å². The van der Waals surface area contributed by atoms with Crippen LogP contribution in [0, 0.1) is 0 Å². The van der Waals surface area contributed by atoms with Crippen LogP contribution in [0.25, 0.3) is 0 Å². The quantitative estimate of drug-likeness (QED) is 0.631. The van der Waals surface area contributed by atoms with Gasteiger partial charge >= 0.3 is 0 Å². The molecule has 1 aromatic heterocycles. The zero-order valence-corrected chi connectivity index (χ0v) is 16.6. The van der Waals surface area contributed by atoms with Crippen LogP contribution in [0.15, 0.2) is 61.8 Å². The largest absolute Gasteiger partial charge is 0.372 e. The van der Waals surface area contributed by atoms with Crippen molar-refractivity contribution >= 4 is 17.5 Å². The Labute approximate surface area is 169 Å². The molecular formula is C22H31N5O. The average molecular weight is 382 g/mol. The Morgan fingerprint density at radius 3 is 3.07 bits per heavy atom. The normalized spacial score (nSPS) is 16.4. The third kappa shape index (κ3) is 5.65. The number of likely N-dealkylation sites (N-methyl/N-ethyl adjacent to an activating group) is 1. The summed E-state index contributed by atoms with van der Waals surface area (Å²) >= 11 is 0. The minimum absolute atomic E-state index is 0. The maximum atomic E-state index is 5.76. The molecule has 1 saturated heterocycles. The van der Waals surface area contributed by atoms with Crippen LogP contribution in [-0.2, 0) is 11.3 Å². The molecule has 1 atom stereocenters. The topological polar surface area (TPSA) is 53.5 Å². The zero-order valence-electron chi connectivity index (χ0n) is 16.6. The lowest BCUT2D eigenvalue weighted by molar-refractivity contribution is 0.0909. The molecule has 0 radical (unpaired) electrons. The molecule has 1 N–H and O–H groups in total. The molecule has 1 fully saturated rings. The molecule has 0 unspecified atom stereocenters. The van der Waals surface area contributed by atoms with Gasteiger partial charge in [-0.15, -0.1) is 13.2 Å². The van der Waals surface area contributed by atoms with E-state index in [0.29, 0.717) is 12.6 Å². The molecule has 0 amide bonds. The maximum absolute atomic E-state index is 5.76. The van der Waals surface area contributed by atoms with Crippen LogP contribution in [0.3, 0.4) is 0 Å². The van der Waals surface area contributed by atoms with Crippen LogP contribution in [0.5, 0.6) is 0 Å². The number of hydrogen-bond acceptors (Lipinski definition) is 6. The molecule has 0 bridgehead atoms. The number of nitrogens with zero attached hydrogens (tertiary/aromatic N) is 4. The number of nitrogens with one attached hydrogen (secondary N) is 1. The van der Waals surface area contributed by atoms with Crippen molar-refractivity contribution in [1.82, 2.24) is 14.9 Å². The Kier molecular flexibility index (Phi) is 7.17. The highest BCUT2D eigenvalue weighted by Gasteiger charge is 2.24. The van der Waals surface area contributed by atoms with Gasteiger partial charge < -0.3 is 15.0 Å². The number of rotatable bonds is 10. The van der Waals surface area contributed by atoms with E-state index in [4.69, 9.17) is 4.74 Å². The van der Waals surface area contributed by atoms with Crippen molar-refractivity contribution < 1.29 is 6.16 Å². The molecular weight excluding hydrogens is 350 g/mol. The Bertz CT molecular complexity index is 800. The molecule has 6 heteroatoms. The summed E-state index contributed by atoms with van der Waals surface area (Å²) in [5, 5.41) is 3.33. The molecule has 3 rings (SSSR count). The van der Waals surface area contributed by atoms with Gasteiger partial charge in [0.05, 0.1) is 12.7 Å². The lowest BCUT2D eigenvalue weighted by Crippen LogP contribution is -2.24. The molecule has 1 aromatic carbocycles. The second-order valence-electron chi connectivity index (χ2n) is 7.03. The number of aromatic nitrogens is 2. The summed E-state index contributed by atoms with van der Waals surface area (Å²) in [6.07, 6.45) is 6.73. The summed E-state index contributed by atoms with van der Waals surface area (Å²) < 4.78 is 5.76.